The molecule has 1 fully saturated rings. The van der Waals surface area contributed by atoms with Gasteiger partial charge >= 0.3 is 6.03 Å². The highest BCUT2D eigenvalue weighted by atomic mass is 16.2. The van der Waals surface area contributed by atoms with Gasteiger partial charge in [-0.2, -0.15) is 0 Å². The first-order chi connectivity index (χ1) is 12.8. The van der Waals surface area contributed by atoms with E-state index in [1.165, 1.54) is 24.0 Å². The molecule has 4 heteroatoms. The van der Waals surface area contributed by atoms with E-state index in [1.54, 1.807) is 0 Å². The summed E-state index contributed by atoms with van der Waals surface area (Å²) in [4.78, 5) is 19.7. The van der Waals surface area contributed by atoms with E-state index in [0.717, 1.165) is 44.0 Å². The minimum Gasteiger partial charge on any atom is -0.322 e. The van der Waals surface area contributed by atoms with E-state index >= 15 is 0 Å². The van der Waals surface area contributed by atoms with Crippen LogP contribution in [0.1, 0.15) is 25.3 Å². The predicted octanol–water partition coefficient (Wildman–Crippen LogP) is 4.21. The Morgan fingerprint density at radius 1 is 0.923 bits per heavy atom. The topological polar surface area (TPSA) is 26.8 Å². The summed E-state index contributed by atoms with van der Waals surface area (Å²) in [6.45, 7) is 7.65. The zero-order valence-electron chi connectivity index (χ0n) is 15.5. The quantitative estimate of drug-likeness (QED) is 0.830. The Kier molecular flexibility index (Phi) is 4.93. The van der Waals surface area contributed by atoms with Crippen molar-refractivity contribution in [3.63, 3.8) is 0 Å². The van der Waals surface area contributed by atoms with Crippen molar-refractivity contribution >= 4 is 11.7 Å². The number of amides is 2. The molecule has 0 unspecified atom stereocenters. The molecule has 0 bridgehead atoms. The molecular weight excluding hydrogens is 322 g/mol. The summed E-state index contributed by atoms with van der Waals surface area (Å²) in [6, 6.07) is 16.8. The third-order valence-electron chi connectivity index (χ3n) is 5.53. The molecule has 0 spiro atoms. The van der Waals surface area contributed by atoms with Crippen LogP contribution in [0.3, 0.4) is 0 Å². The highest BCUT2D eigenvalue weighted by Gasteiger charge is 2.30. The fourth-order valence-corrected chi connectivity index (χ4v) is 4.00. The number of unbranched alkanes of at least 4 members (excludes halogenated alkanes) is 1. The number of anilines is 1. The Labute approximate surface area is 156 Å². The summed E-state index contributed by atoms with van der Waals surface area (Å²) in [7, 11) is 0. The van der Waals surface area contributed by atoms with Crippen LogP contribution in [-0.2, 0) is 6.54 Å². The molecular formula is C22H27N3O. The van der Waals surface area contributed by atoms with E-state index in [0.29, 0.717) is 6.54 Å². The second-order valence-electron chi connectivity index (χ2n) is 7.23. The zero-order chi connectivity index (χ0) is 17.9. The average Bonchev–Trinajstić information content (AvgIpc) is 2.71. The minimum atomic E-state index is 0.141. The van der Waals surface area contributed by atoms with Gasteiger partial charge in [0.1, 0.15) is 0 Å². The number of carbonyl (C=O) groups is 1. The van der Waals surface area contributed by atoms with Crippen molar-refractivity contribution in [2.45, 2.75) is 26.3 Å². The van der Waals surface area contributed by atoms with Gasteiger partial charge in [-0.05, 0) is 30.2 Å². The van der Waals surface area contributed by atoms with Gasteiger partial charge in [-0.3, -0.25) is 9.80 Å². The molecule has 0 aromatic heterocycles. The molecule has 4 rings (SSSR count). The fraction of sp³-hybridized carbons (Fsp3) is 0.409. The molecule has 2 aliphatic heterocycles. The molecule has 2 aliphatic rings. The summed E-state index contributed by atoms with van der Waals surface area (Å²) in [5.41, 5.74) is 4.66. The van der Waals surface area contributed by atoms with Gasteiger partial charge in [0.25, 0.3) is 0 Å². The van der Waals surface area contributed by atoms with E-state index < -0.39 is 0 Å². The van der Waals surface area contributed by atoms with Crippen LogP contribution in [0, 0.1) is 0 Å². The number of hydrogen-bond donors (Lipinski definition) is 0. The SMILES string of the molecule is CCCCN1CCN(C(=O)N2Cc3ccccc3-c3ccccc32)CC1. The molecule has 2 amide bonds. The van der Waals surface area contributed by atoms with Crippen LogP contribution >= 0.6 is 0 Å². The highest BCUT2D eigenvalue weighted by molar-refractivity contribution is 5.99. The number of fused-ring (bicyclic) bond motifs is 3. The third-order valence-corrected chi connectivity index (χ3v) is 5.53. The minimum absolute atomic E-state index is 0.141. The summed E-state index contributed by atoms with van der Waals surface area (Å²) < 4.78 is 0. The number of piperazine rings is 1. The average molecular weight is 349 g/mol. The Morgan fingerprint density at radius 2 is 1.62 bits per heavy atom. The molecule has 0 atom stereocenters. The Hall–Kier alpha value is -2.33. The number of nitrogens with zero attached hydrogens (tertiary/aromatic N) is 3. The van der Waals surface area contributed by atoms with Gasteiger partial charge in [-0.25, -0.2) is 4.79 Å². The van der Waals surface area contributed by atoms with Crippen molar-refractivity contribution in [3.8, 4) is 11.1 Å². The van der Waals surface area contributed by atoms with E-state index in [2.05, 4.69) is 54.3 Å². The van der Waals surface area contributed by atoms with Crippen LogP contribution < -0.4 is 4.90 Å². The fourth-order valence-electron chi connectivity index (χ4n) is 4.00. The molecule has 136 valence electrons. The summed E-state index contributed by atoms with van der Waals surface area (Å²) in [5.74, 6) is 0. The maximum atomic E-state index is 13.3. The van der Waals surface area contributed by atoms with E-state index in [-0.39, 0.29) is 6.03 Å². The van der Waals surface area contributed by atoms with Crippen LogP contribution in [0.2, 0.25) is 0 Å². The van der Waals surface area contributed by atoms with E-state index in [9.17, 15) is 4.79 Å². The van der Waals surface area contributed by atoms with Crippen molar-refractivity contribution < 1.29 is 4.79 Å². The van der Waals surface area contributed by atoms with Gasteiger partial charge in [-0.15, -0.1) is 0 Å². The summed E-state index contributed by atoms with van der Waals surface area (Å²) >= 11 is 0. The maximum absolute atomic E-state index is 13.3. The number of rotatable bonds is 3. The number of urea groups is 1. The Morgan fingerprint density at radius 3 is 2.38 bits per heavy atom. The molecule has 2 aromatic carbocycles. The second-order valence-corrected chi connectivity index (χ2v) is 7.23. The van der Waals surface area contributed by atoms with E-state index in [4.69, 9.17) is 0 Å². The van der Waals surface area contributed by atoms with Gasteiger partial charge in [0.15, 0.2) is 0 Å². The van der Waals surface area contributed by atoms with Gasteiger partial charge in [0.2, 0.25) is 0 Å². The van der Waals surface area contributed by atoms with Crippen molar-refractivity contribution in [2.24, 2.45) is 0 Å². The number of hydrogen-bond acceptors (Lipinski definition) is 2. The maximum Gasteiger partial charge on any atom is 0.324 e. The number of para-hydroxylation sites is 1. The van der Waals surface area contributed by atoms with E-state index in [1.807, 2.05) is 15.9 Å². The Balaban J connectivity index is 1.53. The summed E-state index contributed by atoms with van der Waals surface area (Å²) in [6.07, 6.45) is 2.47. The molecule has 2 aromatic rings. The third kappa shape index (κ3) is 3.21. The van der Waals surface area contributed by atoms with Crippen molar-refractivity contribution in [3.05, 3.63) is 54.1 Å². The van der Waals surface area contributed by atoms with Crippen LogP contribution in [-0.4, -0.2) is 48.6 Å². The van der Waals surface area contributed by atoms with Crippen LogP contribution in [0.4, 0.5) is 10.5 Å². The first kappa shape index (κ1) is 17.1. The van der Waals surface area contributed by atoms with Gasteiger partial charge < -0.3 is 4.90 Å². The van der Waals surface area contributed by atoms with Crippen molar-refractivity contribution in [2.75, 3.05) is 37.6 Å². The lowest BCUT2D eigenvalue weighted by Crippen LogP contribution is -2.53. The second kappa shape index (κ2) is 7.50. The molecule has 1 saturated heterocycles. The normalized spacial score (nSPS) is 17.0. The number of carbonyl (C=O) groups excluding carboxylic acids is 1. The molecule has 4 nitrogen and oxygen atoms in total. The molecule has 0 N–H and O–H groups in total. The van der Waals surface area contributed by atoms with Crippen LogP contribution in [0.25, 0.3) is 11.1 Å². The van der Waals surface area contributed by atoms with Crippen LogP contribution in [0.15, 0.2) is 48.5 Å². The smallest absolute Gasteiger partial charge is 0.322 e. The van der Waals surface area contributed by atoms with Gasteiger partial charge in [0, 0.05) is 31.7 Å². The first-order valence-electron chi connectivity index (χ1n) is 9.74. The lowest BCUT2D eigenvalue weighted by molar-refractivity contribution is 0.142. The van der Waals surface area contributed by atoms with Gasteiger partial charge in [-0.1, -0.05) is 55.8 Å². The lowest BCUT2D eigenvalue weighted by Gasteiger charge is -2.39. The van der Waals surface area contributed by atoms with Crippen LogP contribution in [0.5, 0.6) is 0 Å². The summed E-state index contributed by atoms with van der Waals surface area (Å²) in [5, 5.41) is 0. The first-order valence-corrected chi connectivity index (χ1v) is 9.74. The largest absolute Gasteiger partial charge is 0.324 e. The molecule has 2 heterocycles. The molecule has 0 aliphatic carbocycles. The molecule has 0 saturated carbocycles. The number of benzene rings is 2. The van der Waals surface area contributed by atoms with Gasteiger partial charge in [0.05, 0.1) is 12.2 Å². The van der Waals surface area contributed by atoms with Crippen molar-refractivity contribution in [1.82, 2.24) is 9.80 Å². The lowest BCUT2D eigenvalue weighted by atomic mass is 9.93. The monoisotopic (exact) mass is 349 g/mol. The Bertz CT molecular complexity index is 780. The zero-order valence-corrected chi connectivity index (χ0v) is 15.5. The van der Waals surface area contributed by atoms with Crippen molar-refractivity contribution in [1.29, 1.82) is 0 Å². The molecule has 26 heavy (non-hydrogen) atoms. The predicted molar refractivity (Wildman–Crippen MR) is 106 cm³/mol. The highest BCUT2D eigenvalue weighted by Crippen LogP contribution is 2.39. The molecule has 0 radical (unpaired) electrons. The standard InChI is InChI=1S/C22H27N3O/c1-2-3-12-23-13-15-24(16-14-23)22(26)25-17-18-8-4-5-9-19(18)20-10-6-7-11-21(20)25/h4-11H,2-3,12-17H2,1H3.